The van der Waals surface area contributed by atoms with Crippen molar-refractivity contribution in [1.29, 1.82) is 0 Å². The van der Waals surface area contributed by atoms with Gasteiger partial charge in [0, 0.05) is 19.3 Å². The molecule has 1 atom stereocenters. The lowest BCUT2D eigenvalue weighted by molar-refractivity contribution is -0.385. The minimum Gasteiger partial charge on any atom is -0.390 e. The Labute approximate surface area is 120 Å². The molecule has 0 aliphatic heterocycles. The highest BCUT2D eigenvalue weighted by atomic mass is 16.6. The maximum Gasteiger partial charge on any atom is 0.306 e. The summed E-state index contributed by atoms with van der Waals surface area (Å²) in [5.74, 6) is 0.693. The molecule has 2 heterocycles. The summed E-state index contributed by atoms with van der Waals surface area (Å²) in [6.07, 6.45) is 3.42. The molecule has 112 valence electrons. The zero-order valence-corrected chi connectivity index (χ0v) is 11.5. The van der Waals surface area contributed by atoms with Gasteiger partial charge in [-0.25, -0.2) is 9.97 Å². The summed E-state index contributed by atoms with van der Waals surface area (Å²) in [5.41, 5.74) is 0.746. The lowest BCUT2D eigenvalue weighted by atomic mass is 10.3. The van der Waals surface area contributed by atoms with E-state index in [0.717, 1.165) is 11.9 Å². The second kappa shape index (κ2) is 6.86. The molecule has 0 aromatic carbocycles. The predicted molar refractivity (Wildman–Crippen MR) is 73.4 cm³/mol. The molecule has 0 saturated heterocycles. The van der Waals surface area contributed by atoms with Crippen molar-refractivity contribution in [2.75, 3.05) is 6.54 Å². The summed E-state index contributed by atoms with van der Waals surface area (Å²) in [5, 5.41) is 27.3. The number of nitro groups is 1. The van der Waals surface area contributed by atoms with Crippen LogP contribution in [0.2, 0.25) is 0 Å². The van der Waals surface area contributed by atoms with Crippen molar-refractivity contribution in [2.24, 2.45) is 0 Å². The van der Waals surface area contributed by atoms with Gasteiger partial charge in [0.05, 0.1) is 23.3 Å². The molecule has 21 heavy (non-hydrogen) atoms. The van der Waals surface area contributed by atoms with Gasteiger partial charge in [-0.2, -0.15) is 5.10 Å². The lowest BCUT2D eigenvalue weighted by Gasteiger charge is -2.11. The zero-order chi connectivity index (χ0) is 15.2. The Balaban J connectivity index is 1.76. The predicted octanol–water partition coefficient (Wildman–Crippen LogP) is 0.0404. The Kier molecular flexibility index (Phi) is 4.90. The molecule has 9 heteroatoms. The third-order valence-electron chi connectivity index (χ3n) is 2.75. The van der Waals surface area contributed by atoms with Crippen LogP contribution in [0.5, 0.6) is 0 Å². The fourth-order valence-corrected chi connectivity index (χ4v) is 1.80. The third-order valence-corrected chi connectivity index (χ3v) is 2.75. The van der Waals surface area contributed by atoms with Crippen LogP contribution in [0.4, 0.5) is 5.69 Å². The van der Waals surface area contributed by atoms with Gasteiger partial charge in [-0.3, -0.25) is 14.8 Å². The molecule has 9 nitrogen and oxygen atoms in total. The maximum absolute atomic E-state index is 10.5. The highest BCUT2D eigenvalue weighted by molar-refractivity contribution is 5.20. The van der Waals surface area contributed by atoms with Crippen LogP contribution in [-0.4, -0.2) is 42.4 Å². The van der Waals surface area contributed by atoms with Crippen molar-refractivity contribution < 1.29 is 10.0 Å². The SMILES string of the molecule is Cc1nccc(CNCC(O)Cn2cc([N+](=O)[O-])cn2)n1. The first kappa shape index (κ1) is 15.0. The van der Waals surface area contributed by atoms with Crippen LogP contribution < -0.4 is 5.32 Å². The number of aromatic nitrogens is 4. The highest BCUT2D eigenvalue weighted by Gasteiger charge is 2.11. The molecule has 0 aliphatic rings. The molecule has 2 rings (SSSR count). The minimum absolute atomic E-state index is 0.0911. The average molecular weight is 292 g/mol. The molecule has 0 amide bonds. The zero-order valence-electron chi connectivity index (χ0n) is 11.5. The Hall–Kier alpha value is -2.39. The van der Waals surface area contributed by atoms with Gasteiger partial charge in [-0.15, -0.1) is 0 Å². The molecule has 1 unspecified atom stereocenters. The van der Waals surface area contributed by atoms with E-state index in [-0.39, 0.29) is 12.2 Å². The number of aryl methyl sites for hydroxylation is 1. The van der Waals surface area contributed by atoms with E-state index in [9.17, 15) is 15.2 Å². The molecular weight excluding hydrogens is 276 g/mol. The van der Waals surface area contributed by atoms with E-state index in [2.05, 4.69) is 20.4 Å². The largest absolute Gasteiger partial charge is 0.390 e. The maximum atomic E-state index is 10.5. The summed E-state index contributed by atoms with van der Waals surface area (Å²) < 4.78 is 1.35. The van der Waals surface area contributed by atoms with Gasteiger partial charge in [-0.05, 0) is 13.0 Å². The monoisotopic (exact) mass is 292 g/mol. The average Bonchev–Trinajstić information content (AvgIpc) is 2.87. The molecule has 0 spiro atoms. The van der Waals surface area contributed by atoms with E-state index in [1.807, 2.05) is 6.92 Å². The highest BCUT2D eigenvalue weighted by Crippen LogP contribution is 2.07. The van der Waals surface area contributed by atoms with E-state index >= 15 is 0 Å². The lowest BCUT2D eigenvalue weighted by Crippen LogP contribution is -2.30. The van der Waals surface area contributed by atoms with Crippen molar-refractivity contribution >= 4 is 5.69 Å². The first-order valence-electron chi connectivity index (χ1n) is 6.39. The van der Waals surface area contributed by atoms with Crippen LogP contribution in [0, 0.1) is 17.0 Å². The quantitative estimate of drug-likeness (QED) is 0.546. The topological polar surface area (TPSA) is 119 Å². The van der Waals surface area contributed by atoms with Crippen molar-refractivity contribution in [3.05, 3.63) is 46.3 Å². The van der Waals surface area contributed by atoms with Crippen LogP contribution >= 0.6 is 0 Å². The van der Waals surface area contributed by atoms with Gasteiger partial charge in [0.25, 0.3) is 0 Å². The van der Waals surface area contributed by atoms with Crippen molar-refractivity contribution in [2.45, 2.75) is 26.1 Å². The van der Waals surface area contributed by atoms with Gasteiger partial charge in [0.15, 0.2) is 0 Å². The van der Waals surface area contributed by atoms with Gasteiger partial charge < -0.3 is 10.4 Å². The standard InChI is InChI=1S/C12H16N6O3/c1-9-14-3-2-10(16-9)4-13-6-12(19)8-17-7-11(5-15-17)18(20)21/h2-3,5,7,12-13,19H,4,6,8H2,1H3. The molecule has 0 radical (unpaired) electrons. The molecule has 0 saturated carbocycles. The minimum atomic E-state index is -0.701. The first-order valence-corrected chi connectivity index (χ1v) is 6.39. The van der Waals surface area contributed by atoms with Crippen LogP contribution in [0.3, 0.4) is 0 Å². The molecule has 0 aliphatic carbocycles. The van der Waals surface area contributed by atoms with Gasteiger partial charge >= 0.3 is 5.69 Å². The Morgan fingerprint density at radius 1 is 1.57 bits per heavy atom. The van der Waals surface area contributed by atoms with Gasteiger partial charge in [0.1, 0.15) is 18.2 Å². The summed E-state index contributed by atoms with van der Waals surface area (Å²) >= 11 is 0. The number of nitrogens with one attached hydrogen (secondary N) is 1. The summed E-state index contributed by atoms with van der Waals surface area (Å²) in [6.45, 7) is 2.84. The van der Waals surface area contributed by atoms with Crippen LogP contribution in [0.25, 0.3) is 0 Å². The molecule has 2 aromatic heterocycles. The van der Waals surface area contributed by atoms with Crippen molar-refractivity contribution in [3.8, 4) is 0 Å². The fraction of sp³-hybridized carbons (Fsp3) is 0.417. The molecular formula is C12H16N6O3. The van der Waals surface area contributed by atoms with Crippen molar-refractivity contribution in [1.82, 2.24) is 25.1 Å². The number of rotatable bonds is 7. The smallest absolute Gasteiger partial charge is 0.306 e. The number of hydrogen-bond donors (Lipinski definition) is 2. The van der Waals surface area contributed by atoms with Crippen LogP contribution in [-0.2, 0) is 13.1 Å². The van der Waals surface area contributed by atoms with Crippen molar-refractivity contribution in [3.63, 3.8) is 0 Å². The number of aliphatic hydroxyl groups is 1. The van der Waals surface area contributed by atoms with Crippen LogP contribution in [0.1, 0.15) is 11.5 Å². The molecule has 2 N–H and O–H groups in total. The summed E-state index contributed by atoms with van der Waals surface area (Å²) in [7, 11) is 0. The second-order valence-electron chi connectivity index (χ2n) is 4.56. The number of nitrogens with zero attached hydrogens (tertiary/aromatic N) is 5. The van der Waals surface area contributed by atoms with Crippen LogP contribution in [0.15, 0.2) is 24.7 Å². The fourth-order valence-electron chi connectivity index (χ4n) is 1.80. The van der Waals surface area contributed by atoms with E-state index in [0.29, 0.717) is 18.9 Å². The molecule has 2 aromatic rings. The molecule has 0 fully saturated rings. The van der Waals surface area contributed by atoms with E-state index < -0.39 is 11.0 Å². The van der Waals surface area contributed by atoms with E-state index in [1.54, 1.807) is 12.3 Å². The van der Waals surface area contributed by atoms with E-state index in [1.165, 1.54) is 10.9 Å². The summed E-state index contributed by atoms with van der Waals surface area (Å²) in [6, 6.07) is 1.79. The second-order valence-corrected chi connectivity index (χ2v) is 4.56. The normalized spacial score (nSPS) is 12.3. The Morgan fingerprint density at radius 3 is 3.05 bits per heavy atom. The first-order chi connectivity index (χ1) is 10.0. The van der Waals surface area contributed by atoms with E-state index in [4.69, 9.17) is 0 Å². The van der Waals surface area contributed by atoms with Gasteiger partial charge in [0.2, 0.25) is 0 Å². The summed E-state index contributed by atoms with van der Waals surface area (Å²) in [4.78, 5) is 18.2. The number of aliphatic hydroxyl groups excluding tert-OH is 1. The number of hydrogen-bond acceptors (Lipinski definition) is 7. The molecule has 0 bridgehead atoms. The third kappa shape index (κ3) is 4.58. The Bertz CT molecular complexity index is 615. The van der Waals surface area contributed by atoms with Gasteiger partial charge in [-0.1, -0.05) is 0 Å². The Morgan fingerprint density at radius 2 is 2.38 bits per heavy atom.